The van der Waals surface area contributed by atoms with Gasteiger partial charge in [0.05, 0.1) is 10.3 Å². The summed E-state index contributed by atoms with van der Waals surface area (Å²) in [5.41, 5.74) is 0.839. The number of nitrogens with one attached hydrogen (secondary N) is 1. The third-order valence-electron chi connectivity index (χ3n) is 5.23. The van der Waals surface area contributed by atoms with Crippen molar-refractivity contribution in [2.24, 2.45) is 0 Å². The van der Waals surface area contributed by atoms with Crippen LogP contribution < -0.4 is 10.9 Å². The summed E-state index contributed by atoms with van der Waals surface area (Å²) in [6.07, 6.45) is 5.06. The van der Waals surface area contributed by atoms with E-state index in [1.54, 1.807) is 0 Å². The maximum absolute atomic E-state index is 13.0. The zero-order valence-electron chi connectivity index (χ0n) is 15.0. The lowest BCUT2D eigenvalue weighted by Gasteiger charge is -2.19. The molecule has 1 N–H and O–H groups in total. The van der Waals surface area contributed by atoms with E-state index in [4.69, 9.17) is 4.98 Å². The molecule has 0 aromatic carbocycles. The lowest BCUT2D eigenvalue weighted by molar-refractivity contribution is 0.0770. The molecular formula is C18H25ClN4O2S. The van der Waals surface area contributed by atoms with Crippen LogP contribution in [0.25, 0.3) is 10.2 Å². The SMILES string of the molecule is Cc1c(C(=O)N2CCCNCC2)sc2nc3n(c(=O)c12)CCCCC3.Cl. The molecule has 1 fully saturated rings. The van der Waals surface area contributed by atoms with Gasteiger partial charge in [-0.15, -0.1) is 23.7 Å². The molecule has 0 aliphatic carbocycles. The molecule has 0 spiro atoms. The minimum atomic E-state index is 0. The summed E-state index contributed by atoms with van der Waals surface area (Å²) in [5.74, 6) is 0.929. The number of nitrogens with zero attached hydrogens (tertiary/aromatic N) is 3. The number of fused-ring (bicyclic) bond motifs is 2. The zero-order chi connectivity index (χ0) is 17.4. The fourth-order valence-electron chi connectivity index (χ4n) is 3.81. The van der Waals surface area contributed by atoms with Gasteiger partial charge in [-0.05, 0) is 38.3 Å². The largest absolute Gasteiger partial charge is 0.337 e. The van der Waals surface area contributed by atoms with Crippen molar-refractivity contribution in [3.63, 3.8) is 0 Å². The lowest BCUT2D eigenvalue weighted by atomic mass is 10.2. The van der Waals surface area contributed by atoms with E-state index in [2.05, 4.69) is 5.32 Å². The first-order valence-corrected chi connectivity index (χ1v) is 10.0. The first-order valence-electron chi connectivity index (χ1n) is 9.19. The minimum absolute atomic E-state index is 0. The molecule has 0 radical (unpaired) electrons. The smallest absolute Gasteiger partial charge is 0.264 e. The molecule has 0 unspecified atom stereocenters. The number of halogens is 1. The molecule has 6 nitrogen and oxygen atoms in total. The van der Waals surface area contributed by atoms with Gasteiger partial charge in [-0.1, -0.05) is 6.42 Å². The Balaban J connectivity index is 0.00000196. The predicted octanol–water partition coefficient (Wildman–Crippen LogP) is 2.35. The van der Waals surface area contributed by atoms with Crippen LogP contribution >= 0.6 is 23.7 Å². The summed E-state index contributed by atoms with van der Waals surface area (Å²) in [7, 11) is 0. The second-order valence-electron chi connectivity index (χ2n) is 6.93. The van der Waals surface area contributed by atoms with Crippen molar-refractivity contribution >= 4 is 39.9 Å². The molecule has 26 heavy (non-hydrogen) atoms. The standard InChI is InChI=1S/C18H24N4O2S.ClH/c1-12-14-16(20-13-6-3-2-4-10-22(13)17(14)23)25-15(12)18(24)21-9-5-7-19-8-11-21;/h19H,2-11H2,1H3;1H. The second kappa shape index (κ2) is 8.06. The monoisotopic (exact) mass is 396 g/mol. The van der Waals surface area contributed by atoms with E-state index in [0.29, 0.717) is 10.3 Å². The quantitative estimate of drug-likeness (QED) is 0.803. The Kier molecular flexibility index (Phi) is 5.99. The molecule has 2 aliphatic rings. The van der Waals surface area contributed by atoms with E-state index in [1.165, 1.54) is 11.3 Å². The van der Waals surface area contributed by atoms with Crippen molar-refractivity contribution in [3.8, 4) is 0 Å². The van der Waals surface area contributed by atoms with Crippen molar-refractivity contribution in [2.75, 3.05) is 26.2 Å². The molecule has 142 valence electrons. The van der Waals surface area contributed by atoms with Gasteiger partial charge >= 0.3 is 0 Å². The van der Waals surface area contributed by atoms with Crippen molar-refractivity contribution in [1.29, 1.82) is 0 Å². The lowest BCUT2D eigenvalue weighted by Crippen LogP contribution is -2.34. The van der Waals surface area contributed by atoms with Gasteiger partial charge in [-0.25, -0.2) is 4.98 Å². The van der Waals surface area contributed by atoms with E-state index in [-0.39, 0.29) is 23.9 Å². The Morgan fingerprint density at radius 2 is 1.96 bits per heavy atom. The van der Waals surface area contributed by atoms with Crippen LogP contribution in [0.4, 0.5) is 0 Å². The van der Waals surface area contributed by atoms with Gasteiger partial charge in [0, 0.05) is 32.6 Å². The van der Waals surface area contributed by atoms with Crippen LogP contribution in [0, 0.1) is 6.92 Å². The molecule has 1 amide bonds. The molecule has 2 aromatic rings. The van der Waals surface area contributed by atoms with Gasteiger partial charge in [0.25, 0.3) is 11.5 Å². The first kappa shape index (κ1) is 19.3. The number of rotatable bonds is 1. The third kappa shape index (κ3) is 3.40. The predicted molar refractivity (Wildman–Crippen MR) is 107 cm³/mol. The molecule has 0 atom stereocenters. The van der Waals surface area contributed by atoms with Gasteiger partial charge in [0.1, 0.15) is 10.7 Å². The summed E-state index contributed by atoms with van der Waals surface area (Å²) in [5, 5.41) is 3.97. The van der Waals surface area contributed by atoms with Crippen LogP contribution in [0.3, 0.4) is 0 Å². The Hall–Kier alpha value is -1.44. The maximum atomic E-state index is 13.0. The van der Waals surface area contributed by atoms with Crippen LogP contribution in [-0.2, 0) is 13.0 Å². The number of carbonyl (C=O) groups excluding carboxylic acids is 1. The summed E-state index contributed by atoms with van der Waals surface area (Å²) in [4.78, 5) is 34.1. The Labute approximate surface area is 163 Å². The average Bonchev–Trinajstić information content (AvgIpc) is 2.85. The number of aromatic nitrogens is 2. The van der Waals surface area contributed by atoms with E-state index < -0.39 is 0 Å². The Bertz CT molecular complexity index is 868. The van der Waals surface area contributed by atoms with Gasteiger partial charge in [-0.2, -0.15) is 0 Å². The van der Waals surface area contributed by atoms with Gasteiger partial charge < -0.3 is 10.2 Å². The first-order chi connectivity index (χ1) is 12.2. The highest BCUT2D eigenvalue weighted by molar-refractivity contribution is 7.20. The molecule has 2 aliphatic heterocycles. The highest BCUT2D eigenvalue weighted by atomic mass is 35.5. The highest BCUT2D eigenvalue weighted by Gasteiger charge is 2.25. The van der Waals surface area contributed by atoms with Crippen LogP contribution in [0.5, 0.6) is 0 Å². The topological polar surface area (TPSA) is 67.2 Å². The van der Waals surface area contributed by atoms with E-state index in [9.17, 15) is 9.59 Å². The van der Waals surface area contributed by atoms with E-state index >= 15 is 0 Å². The van der Waals surface area contributed by atoms with Gasteiger partial charge in [-0.3, -0.25) is 14.2 Å². The van der Waals surface area contributed by atoms with Gasteiger partial charge in [0.2, 0.25) is 0 Å². The summed E-state index contributed by atoms with van der Waals surface area (Å²) in [6, 6.07) is 0. The number of thiophene rings is 1. The molecule has 4 heterocycles. The normalized spacial score (nSPS) is 18.0. The Morgan fingerprint density at radius 1 is 1.12 bits per heavy atom. The molecule has 4 rings (SSSR count). The minimum Gasteiger partial charge on any atom is -0.337 e. The number of hydrogen-bond donors (Lipinski definition) is 1. The van der Waals surface area contributed by atoms with Crippen molar-refractivity contribution < 1.29 is 4.79 Å². The third-order valence-corrected chi connectivity index (χ3v) is 6.41. The number of hydrogen-bond acceptors (Lipinski definition) is 5. The maximum Gasteiger partial charge on any atom is 0.264 e. The molecule has 0 bridgehead atoms. The molecule has 0 saturated carbocycles. The number of carbonyl (C=O) groups is 1. The van der Waals surface area contributed by atoms with Crippen molar-refractivity contribution in [2.45, 2.75) is 45.6 Å². The van der Waals surface area contributed by atoms with Crippen molar-refractivity contribution in [1.82, 2.24) is 19.8 Å². The van der Waals surface area contributed by atoms with Crippen LogP contribution in [0.1, 0.15) is 46.7 Å². The van der Waals surface area contributed by atoms with Crippen LogP contribution in [0.15, 0.2) is 4.79 Å². The van der Waals surface area contributed by atoms with Gasteiger partial charge in [0.15, 0.2) is 0 Å². The molecule has 8 heteroatoms. The number of aryl methyl sites for hydroxylation is 2. The number of amides is 1. The van der Waals surface area contributed by atoms with Crippen LogP contribution in [0.2, 0.25) is 0 Å². The average molecular weight is 397 g/mol. The van der Waals surface area contributed by atoms with E-state index in [0.717, 1.165) is 81.0 Å². The summed E-state index contributed by atoms with van der Waals surface area (Å²) >= 11 is 1.39. The summed E-state index contributed by atoms with van der Waals surface area (Å²) in [6.45, 7) is 5.90. The second-order valence-corrected chi connectivity index (χ2v) is 7.93. The molecule has 2 aromatic heterocycles. The Morgan fingerprint density at radius 3 is 2.81 bits per heavy atom. The molecule has 1 saturated heterocycles. The fourth-order valence-corrected chi connectivity index (χ4v) is 4.96. The van der Waals surface area contributed by atoms with Crippen LogP contribution in [-0.4, -0.2) is 46.5 Å². The highest BCUT2D eigenvalue weighted by Crippen LogP contribution is 2.29. The van der Waals surface area contributed by atoms with Crippen molar-refractivity contribution in [3.05, 3.63) is 26.6 Å². The zero-order valence-corrected chi connectivity index (χ0v) is 16.7. The summed E-state index contributed by atoms with van der Waals surface area (Å²) < 4.78 is 1.83. The van der Waals surface area contributed by atoms with E-state index in [1.807, 2.05) is 16.4 Å². The molecular weight excluding hydrogens is 372 g/mol. The fraction of sp³-hybridized carbons (Fsp3) is 0.611.